The monoisotopic (exact) mass is 435 g/mol. The Bertz CT molecular complexity index is 1200. The number of nitrogens with one attached hydrogen (secondary N) is 1. The SMILES string of the molecule is C=C(c1cc(CC)c(O)cc1O)N(C(=S)NC)c1ccc2c(c1)c1c(n2C)CCCC1. The fourth-order valence-electron chi connectivity index (χ4n) is 4.66. The van der Waals surface area contributed by atoms with Crippen molar-refractivity contribution < 1.29 is 10.2 Å². The van der Waals surface area contributed by atoms with Crippen molar-refractivity contribution in [1.29, 1.82) is 0 Å². The van der Waals surface area contributed by atoms with Gasteiger partial charge < -0.3 is 20.1 Å². The number of aromatic hydroxyl groups is 2. The molecule has 4 rings (SSSR count). The van der Waals surface area contributed by atoms with Gasteiger partial charge in [-0.3, -0.25) is 4.90 Å². The number of fused-ring (bicyclic) bond motifs is 3. The van der Waals surface area contributed by atoms with Crippen molar-refractivity contribution in [2.45, 2.75) is 39.0 Å². The first-order valence-corrected chi connectivity index (χ1v) is 11.1. The maximum Gasteiger partial charge on any atom is 0.177 e. The fraction of sp³-hybridized carbons (Fsp3) is 0.320. The minimum Gasteiger partial charge on any atom is -0.508 e. The van der Waals surface area contributed by atoms with Crippen molar-refractivity contribution in [1.82, 2.24) is 9.88 Å². The molecule has 0 saturated carbocycles. The third-order valence-corrected chi connectivity index (χ3v) is 6.73. The van der Waals surface area contributed by atoms with E-state index in [-0.39, 0.29) is 11.5 Å². The Morgan fingerprint density at radius 2 is 1.90 bits per heavy atom. The summed E-state index contributed by atoms with van der Waals surface area (Å²) in [6.07, 6.45) is 5.29. The van der Waals surface area contributed by atoms with E-state index in [4.69, 9.17) is 12.2 Å². The summed E-state index contributed by atoms with van der Waals surface area (Å²) in [5.74, 6) is 0.0541. The molecule has 0 aliphatic heterocycles. The second-order valence-electron chi connectivity index (χ2n) is 8.08. The lowest BCUT2D eigenvalue weighted by molar-refractivity contribution is 0.445. The molecule has 3 N–H and O–H groups in total. The van der Waals surface area contributed by atoms with Crippen LogP contribution in [0.1, 0.15) is 42.1 Å². The summed E-state index contributed by atoms with van der Waals surface area (Å²) < 4.78 is 2.31. The molecule has 0 spiro atoms. The van der Waals surface area contributed by atoms with Gasteiger partial charge in [0, 0.05) is 48.0 Å². The fourth-order valence-corrected chi connectivity index (χ4v) is 4.87. The molecule has 5 nitrogen and oxygen atoms in total. The molecule has 1 aliphatic rings. The summed E-state index contributed by atoms with van der Waals surface area (Å²) in [5.41, 5.74) is 6.80. The first-order valence-electron chi connectivity index (χ1n) is 10.7. The highest BCUT2D eigenvalue weighted by molar-refractivity contribution is 7.80. The lowest BCUT2D eigenvalue weighted by Gasteiger charge is -2.28. The van der Waals surface area contributed by atoms with Crippen LogP contribution < -0.4 is 10.2 Å². The first kappa shape index (κ1) is 21.2. The Labute approximate surface area is 188 Å². The molecule has 31 heavy (non-hydrogen) atoms. The largest absolute Gasteiger partial charge is 0.508 e. The Kier molecular flexibility index (Phi) is 5.67. The second kappa shape index (κ2) is 8.27. The predicted octanol–water partition coefficient (Wildman–Crippen LogP) is 5.01. The minimum atomic E-state index is -0.0261. The topological polar surface area (TPSA) is 60.7 Å². The van der Waals surface area contributed by atoms with Gasteiger partial charge in [0.2, 0.25) is 0 Å². The van der Waals surface area contributed by atoms with Crippen molar-refractivity contribution in [3.05, 3.63) is 59.3 Å². The Balaban J connectivity index is 1.85. The van der Waals surface area contributed by atoms with E-state index < -0.39 is 0 Å². The molecule has 0 amide bonds. The van der Waals surface area contributed by atoms with Crippen LogP contribution in [0, 0.1) is 0 Å². The quantitative estimate of drug-likeness (QED) is 0.503. The lowest BCUT2D eigenvalue weighted by atomic mass is 9.95. The van der Waals surface area contributed by atoms with Gasteiger partial charge >= 0.3 is 0 Å². The van der Waals surface area contributed by atoms with Gasteiger partial charge in [-0.25, -0.2) is 0 Å². The van der Waals surface area contributed by atoms with Crippen molar-refractivity contribution in [2.24, 2.45) is 7.05 Å². The molecular formula is C25H29N3O2S. The molecule has 0 saturated heterocycles. The Morgan fingerprint density at radius 3 is 2.61 bits per heavy atom. The van der Waals surface area contributed by atoms with Crippen LogP contribution >= 0.6 is 12.2 Å². The number of thiocarbonyl (C=S) groups is 1. The van der Waals surface area contributed by atoms with E-state index in [1.54, 1.807) is 13.1 Å². The lowest BCUT2D eigenvalue weighted by Crippen LogP contribution is -2.36. The third-order valence-electron chi connectivity index (χ3n) is 6.34. The van der Waals surface area contributed by atoms with Crippen molar-refractivity contribution in [3.63, 3.8) is 0 Å². The number of benzene rings is 2. The van der Waals surface area contributed by atoms with Crippen LogP contribution in [0.15, 0.2) is 36.9 Å². The molecule has 1 aromatic heterocycles. The van der Waals surface area contributed by atoms with E-state index >= 15 is 0 Å². The number of aromatic nitrogens is 1. The van der Waals surface area contributed by atoms with Gasteiger partial charge in [-0.15, -0.1) is 0 Å². The zero-order chi connectivity index (χ0) is 22.3. The highest BCUT2D eigenvalue weighted by Crippen LogP contribution is 2.38. The van der Waals surface area contributed by atoms with Crippen LogP contribution in [0.4, 0.5) is 5.69 Å². The van der Waals surface area contributed by atoms with Crippen LogP contribution in [0.5, 0.6) is 11.5 Å². The number of hydrogen-bond acceptors (Lipinski definition) is 3. The predicted molar refractivity (Wildman–Crippen MR) is 132 cm³/mol. The average molecular weight is 436 g/mol. The van der Waals surface area contributed by atoms with Gasteiger partial charge in [0.25, 0.3) is 0 Å². The molecule has 162 valence electrons. The second-order valence-corrected chi connectivity index (χ2v) is 8.47. The van der Waals surface area contributed by atoms with Crippen LogP contribution in [0.25, 0.3) is 16.6 Å². The zero-order valence-corrected chi connectivity index (χ0v) is 19.1. The van der Waals surface area contributed by atoms with E-state index in [1.165, 1.54) is 41.1 Å². The Hall–Kier alpha value is -2.99. The van der Waals surface area contributed by atoms with Gasteiger partial charge in [0.15, 0.2) is 5.11 Å². The van der Waals surface area contributed by atoms with E-state index in [1.807, 2.05) is 17.9 Å². The summed E-state index contributed by atoms with van der Waals surface area (Å²) in [5, 5.41) is 25.4. The number of aryl methyl sites for hydroxylation is 3. The maximum absolute atomic E-state index is 10.6. The van der Waals surface area contributed by atoms with Crippen molar-refractivity contribution >= 4 is 39.6 Å². The van der Waals surface area contributed by atoms with Crippen molar-refractivity contribution in [3.8, 4) is 11.5 Å². The molecule has 1 aliphatic carbocycles. The van der Waals surface area contributed by atoms with Gasteiger partial charge in [-0.2, -0.15) is 0 Å². The number of rotatable bonds is 4. The van der Waals surface area contributed by atoms with Crippen LogP contribution in [-0.2, 0) is 26.3 Å². The molecule has 0 atom stereocenters. The number of nitrogens with zero attached hydrogens (tertiary/aromatic N) is 2. The summed E-state index contributed by atoms with van der Waals surface area (Å²) in [4.78, 5) is 1.85. The molecule has 6 heteroatoms. The van der Waals surface area contributed by atoms with E-state index in [2.05, 4.69) is 35.6 Å². The number of anilines is 1. The van der Waals surface area contributed by atoms with Crippen molar-refractivity contribution in [2.75, 3.05) is 11.9 Å². The molecule has 1 heterocycles. The minimum absolute atomic E-state index is 0.0261. The van der Waals surface area contributed by atoms with E-state index in [0.717, 1.165) is 24.1 Å². The first-order chi connectivity index (χ1) is 14.9. The highest BCUT2D eigenvalue weighted by atomic mass is 32.1. The standard InChI is InChI=1S/C25H29N3O2S/c1-5-16-12-19(24(30)14-23(16)29)15(2)28(25(31)26-3)17-10-11-22-20(13-17)18-8-6-7-9-21(18)27(22)4/h10-14,29-30H,2,5-9H2,1,3-4H3,(H,26,31). The third kappa shape index (κ3) is 3.55. The summed E-state index contributed by atoms with van der Waals surface area (Å²) in [6, 6.07) is 9.50. The van der Waals surface area contributed by atoms with E-state index in [0.29, 0.717) is 22.8 Å². The molecule has 3 aromatic rings. The van der Waals surface area contributed by atoms with Crippen LogP contribution in [0.3, 0.4) is 0 Å². The summed E-state index contributed by atoms with van der Waals surface area (Å²) >= 11 is 5.63. The summed E-state index contributed by atoms with van der Waals surface area (Å²) in [7, 11) is 3.92. The van der Waals surface area contributed by atoms with Gasteiger partial charge in [0.05, 0.1) is 5.70 Å². The molecule has 0 unspecified atom stereocenters. The van der Waals surface area contributed by atoms with E-state index in [9.17, 15) is 10.2 Å². The van der Waals surface area contributed by atoms with Gasteiger partial charge in [-0.1, -0.05) is 13.5 Å². The van der Waals surface area contributed by atoms with Crippen LogP contribution in [0.2, 0.25) is 0 Å². The molecule has 0 fully saturated rings. The zero-order valence-electron chi connectivity index (χ0n) is 18.3. The Morgan fingerprint density at radius 1 is 1.16 bits per heavy atom. The number of phenolic OH excluding ortho intramolecular Hbond substituents is 2. The number of hydrogen-bond donors (Lipinski definition) is 3. The summed E-state index contributed by atoms with van der Waals surface area (Å²) in [6.45, 7) is 6.22. The highest BCUT2D eigenvalue weighted by Gasteiger charge is 2.23. The molecule has 0 bridgehead atoms. The average Bonchev–Trinajstić information content (AvgIpc) is 3.06. The van der Waals surface area contributed by atoms with Gasteiger partial charge in [0.1, 0.15) is 11.5 Å². The number of phenols is 2. The van der Waals surface area contributed by atoms with Gasteiger partial charge in [-0.05, 0) is 79.7 Å². The van der Waals surface area contributed by atoms with Crippen LogP contribution in [-0.4, -0.2) is 26.9 Å². The molecule has 0 radical (unpaired) electrons. The molecule has 2 aromatic carbocycles. The maximum atomic E-state index is 10.6. The normalized spacial score (nSPS) is 13.1. The molecular weight excluding hydrogens is 406 g/mol. The smallest absolute Gasteiger partial charge is 0.177 e.